The summed E-state index contributed by atoms with van der Waals surface area (Å²) < 4.78 is 13.5. The Morgan fingerprint density at radius 3 is 2.50 bits per heavy atom. The molecule has 0 bridgehead atoms. The van der Waals surface area contributed by atoms with Crippen molar-refractivity contribution < 1.29 is 4.39 Å². The fourth-order valence-corrected chi connectivity index (χ4v) is 1.61. The van der Waals surface area contributed by atoms with Gasteiger partial charge in [-0.1, -0.05) is 29.3 Å². The average molecular weight is 257 g/mol. The van der Waals surface area contributed by atoms with Gasteiger partial charge in [-0.05, 0) is 12.1 Å². The Kier molecular flexibility index (Phi) is 2.99. The number of halogens is 3. The molecule has 2 aromatic rings. The third kappa shape index (κ3) is 2.10. The van der Waals surface area contributed by atoms with Crippen molar-refractivity contribution in [3.63, 3.8) is 0 Å². The summed E-state index contributed by atoms with van der Waals surface area (Å²) in [4.78, 5) is 3.92. The van der Waals surface area contributed by atoms with Gasteiger partial charge in [-0.2, -0.15) is 0 Å². The second-order valence-corrected chi connectivity index (χ2v) is 4.04. The van der Waals surface area contributed by atoms with E-state index in [1.165, 1.54) is 12.3 Å². The van der Waals surface area contributed by atoms with Crippen LogP contribution in [0.4, 0.5) is 10.1 Å². The van der Waals surface area contributed by atoms with Crippen molar-refractivity contribution in [3.8, 4) is 11.3 Å². The molecule has 16 heavy (non-hydrogen) atoms. The molecule has 2 nitrogen and oxygen atoms in total. The van der Waals surface area contributed by atoms with Gasteiger partial charge in [0.05, 0.1) is 21.9 Å². The lowest BCUT2D eigenvalue weighted by Gasteiger charge is -2.04. The minimum atomic E-state index is -0.488. The molecule has 0 amide bonds. The van der Waals surface area contributed by atoms with Crippen molar-refractivity contribution in [1.29, 1.82) is 0 Å². The maximum Gasteiger partial charge on any atom is 0.151 e. The van der Waals surface area contributed by atoms with E-state index in [9.17, 15) is 4.39 Å². The molecule has 2 N–H and O–H groups in total. The fraction of sp³-hybridized carbons (Fsp3) is 0. The van der Waals surface area contributed by atoms with Gasteiger partial charge in [0.25, 0.3) is 0 Å². The highest BCUT2D eigenvalue weighted by molar-refractivity contribution is 6.42. The zero-order valence-electron chi connectivity index (χ0n) is 8.05. The monoisotopic (exact) mass is 256 g/mol. The summed E-state index contributed by atoms with van der Waals surface area (Å²) in [6.45, 7) is 0. The van der Waals surface area contributed by atoms with Gasteiger partial charge in [-0.15, -0.1) is 0 Å². The van der Waals surface area contributed by atoms with Gasteiger partial charge in [0.15, 0.2) is 5.82 Å². The smallest absolute Gasteiger partial charge is 0.151 e. The lowest BCUT2D eigenvalue weighted by atomic mass is 10.1. The summed E-state index contributed by atoms with van der Waals surface area (Å²) in [6.07, 6.45) is 1.39. The van der Waals surface area contributed by atoms with Crippen molar-refractivity contribution in [2.75, 3.05) is 5.73 Å². The Hall–Kier alpha value is -1.32. The molecule has 0 aliphatic rings. The third-order valence-corrected chi connectivity index (χ3v) is 2.79. The average Bonchev–Trinajstić information content (AvgIpc) is 2.22. The van der Waals surface area contributed by atoms with Crippen LogP contribution in [-0.4, -0.2) is 4.98 Å². The number of nitrogen functional groups attached to an aromatic ring is 1. The molecule has 0 saturated heterocycles. The Morgan fingerprint density at radius 2 is 1.88 bits per heavy atom. The molecule has 2 rings (SSSR count). The summed E-state index contributed by atoms with van der Waals surface area (Å²) in [7, 11) is 0. The molecule has 1 aromatic carbocycles. The molecule has 0 radical (unpaired) electrons. The number of benzene rings is 1. The first-order valence-corrected chi connectivity index (χ1v) is 5.20. The Morgan fingerprint density at radius 1 is 1.12 bits per heavy atom. The minimum Gasteiger partial charge on any atom is -0.397 e. The zero-order valence-corrected chi connectivity index (χ0v) is 9.56. The second-order valence-electron chi connectivity index (χ2n) is 3.23. The van der Waals surface area contributed by atoms with E-state index in [2.05, 4.69) is 4.98 Å². The van der Waals surface area contributed by atoms with Crippen LogP contribution in [-0.2, 0) is 0 Å². The number of nitrogens with zero attached hydrogens (tertiary/aromatic N) is 1. The maximum absolute atomic E-state index is 13.5. The van der Waals surface area contributed by atoms with E-state index in [4.69, 9.17) is 28.9 Å². The predicted molar refractivity (Wildman–Crippen MR) is 64.1 cm³/mol. The highest BCUT2D eigenvalue weighted by atomic mass is 35.5. The van der Waals surface area contributed by atoms with Crippen molar-refractivity contribution in [3.05, 3.63) is 46.3 Å². The highest BCUT2D eigenvalue weighted by Gasteiger charge is 2.08. The van der Waals surface area contributed by atoms with Gasteiger partial charge in [0.2, 0.25) is 0 Å². The summed E-state index contributed by atoms with van der Waals surface area (Å²) in [5.41, 5.74) is 6.45. The van der Waals surface area contributed by atoms with E-state index in [1.54, 1.807) is 18.2 Å². The first-order valence-electron chi connectivity index (χ1n) is 4.44. The topological polar surface area (TPSA) is 38.9 Å². The molecule has 0 atom stereocenters. The Bertz CT molecular complexity index is 544. The normalized spacial score (nSPS) is 10.4. The molecule has 0 saturated carbocycles. The minimum absolute atomic E-state index is 0.202. The number of aromatic nitrogens is 1. The highest BCUT2D eigenvalue weighted by Crippen LogP contribution is 2.29. The van der Waals surface area contributed by atoms with E-state index in [1.807, 2.05) is 0 Å². The molecule has 1 aromatic heterocycles. The Balaban J connectivity index is 2.54. The number of pyridine rings is 1. The summed E-state index contributed by atoms with van der Waals surface area (Å²) in [5.74, 6) is -0.488. The number of rotatable bonds is 1. The van der Waals surface area contributed by atoms with Crippen LogP contribution in [0.1, 0.15) is 0 Å². The van der Waals surface area contributed by atoms with Crippen LogP contribution in [0.3, 0.4) is 0 Å². The van der Waals surface area contributed by atoms with Crippen molar-refractivity contribution in [2.24, 2.45) is 0 Å². The van der Waals surface area contributed by atoms with Gasteiger partial charge in [-0.25, -0.2) is 4.39 Å². The van der Waals surface area contributed by atoms with E-state index in [0.29, 0.717) is 15.6 Å². The largest absolute Gasteiger partial charge is 0.397 e. The first-order chi connectivity index (χ1) is 7.58. The van der Waals surface area contributed by atoms with Crippen LogP contribution >= 0.6 is 23.2 Å². The number of nitrogens with two attached hydrogens (primary N) is 1. The van der Waals surface area contributed by atoms with E-state index < -0.39 is 5.82 Å². The summed E-state index contributed by atoms with van der Waals surface area (Å²) >= 11 is 11.6. The zero-order chi connectivity index (χ0) is 11.7. The molecule has 1 heterocycles. The van der Waals surface area contributed by atoms with Crippen LogP contribution in [0, 0.1) is 5.82 Å². The fourth-order valence-electron chi connectivity index (χ4n) is 1.31. The standard InChI is InChI=1S/C11H7Cl2FN2/c12-8-2-1-6(3-9(8)13)11-10(14)4-7(15)5-16-11/h1-5H,15H2. The van der Waals surface area contributed by atoms with Crippen LogP contribution < -0.4 is 5.73 Å². The Labute approximate surface area is 102 Å². The van der Waals surface area contributed by atoms with Gasteiger partial charge in [0, 0.05) is 11.6 Å². The van der Waals surface area contributed by atoms with Gasteiger partial charge < -0.3 is 5.73 Å². The van der Waals surface area contributed by atoms with Crippen LogP contribution in [0.5, 0.6) is 0 Å². The lowest BCUT2D eigenvalue weighted by Crippen LogP contribution is -1.93. The molecule has 0 fully saturated rings. The van der Waals surface area contributed by atoms with Gasteiger partial charge in [-0.3, -0.25) is 4.98 Å². The SMILES string of the molecule is Nc1cnc(-c2ccc(Cl)c(Cl)c2)c(F)c1. The van der Waals surface area contributed by atoms with Crippen LogP contribution in [0.25, 0.3) is 11.3 Å². The number of anilines is 1. The maximum atomic E-state index is 13.5. The molecule has 0 unspecified atom stereocenters. The predicted octanol–water partition coefficient (Wildman–Crippen LogP) is 3.78. The molecule has 0 aliphatic carbocycles. The summed E-state index contributed by atoms with van der Waals surface area (Å²) in [6, 6.07) is 6.02. The quantitative estimate of drug-likeness (QED) is 0.844. The third-order valence-electron chi connectivity index (χ3n) is 2.06. The van der Waals surface area contributed by atoms with E-state index >= 15 is 0 Å². The molecule has 82 valence electrons. The van der Waals surface area contributed by atoms with E-state index in [0.717, 1.165) is 0 Å². The molecule has 5 heteroatoms. The van der Waals surface area contributed by atoms with Crippen molar-refractivity contribution >= 4 is 28.9 Å². The first kappa shape index (κ1) is 11.2. The van der Waals surface area contributed by atoms with Crippen LogP contribution in [0.2, 0.25) is 10.0 Å². The molecule has 0 spiro atoms. The van der Waals surface area contributed by atoms with Crippen molar-refractivity contribution in [2.45, 2.75) is 0 Å². The number of hydrogen-bond acceptors (Lipinski definition) is 2. The lowest BCUT2D eigenvalue weighted by molar-refractivity contribution is 0.626. The van der Waals surface area contributed by atoms with Gasteiger partial charge >= 0.3 is 0 Å². The van der Waals surface area contributed by atoms with Crippen molar-refractivity contribution in [1.82, 2.24) is 4.98 Å². The van der Waals surface area contributed by atoms with Crippen LogP contribution in [0.15, 0.2) is 30.5 Å². The molecular formula is C11H7Cl2FN2. The summed E-state index contributed by atoms with van der Waals surface area (Å²) in [5, 5.41) is 0.776. The molecular weight excluding hydrogens is 250 g/mol. The second kappa shape index (κ2) is 4.28. The van der Waals surface area contributed by atoms with E-state index in [-0.39, 0.29) is 11.4 Å². The van der Waals surface area contributed by atoms with Gasteiger partial charge in [0.1, 0.15) is 5.69 Å². The molecule has 0 aliphatic heterocycles. The number of hydrogen-bond donors (Lipinski definition) is 1.